The van der Waals surface area contributed by atoms with Crippen molar-refractivity contribution in [3.05, 3.63) is 0 Å². The van der Waals surface area contributed by atoms with Gasteiger partial charge in [0.25, 0.3) is 0 Å². The zero-order valence-corrected chi connectivity index (χ0v) is 8.25. The summed E-state index contributed by atoms with van der Waals surface area (Å²) in [5, 5.41) is 8.35. The van der Waals surface area contributed by atoms with Crippen LogP contribution >= 0.6 is 0 Å². The van der Waals surface area contributed by atoms with Gasteiger partial charge < -0.3 is 0 Å². The minimum Gasteiger partial charge on any atom is -0.281 e. The molecule has 1 unspecified atom stereocenters. The van der Waals surface area contributed by atoms with E-state index in [0.717, 1.165) is 6.07 Å². The van der Waals surface area contributed by atoms with Crippen molar-refractivity contribution in [1.29, 1.82) is 5.26 Å². The molecule has 0 spiro atoms. The van der Waals surface area contributed by atoms with Crippen molar-refractivity contribution in [2.75, 3.05) is 6.54 Å². The summed E-state index contributed by atoms with van der Waals surface area (Å²) in [7, 11) is 0. The molecule has 1 fully saturated rings. The van der Waals surface area contributed by atoms with Gasteiger partial charge in [-0.2, -0.15) is 18.4 Å². The average molecular weight is 234 g/mol. The Morgan fingerprint density at radius 1 is 1.31 bits per heavy atom. The highest BCUT2D eigenvalue weighted by Crippen LogP contribution is 2.27. The molecule has 7 heteroatoms. The number of nitriles is 1. The highest BCUT2D eigenvalue weighted by molar-refractivity contribution is 5.97. The van der Waals surface area contributed by atoms with Gasteiger partial charge in [0.1, 0.15) is 0 Å². The third-order valence-corrected chi connectivity index (χ3v) is 2.30. The van der Waals surface area contributed by atoms with E-state index in [1.54, 1.807) is 0 Å². The molecule has 1 rings (SSSR count). The first kappa shape index (κ1) is 12.5. The van der Waals surface area contributed by atoms with Gasteiger partial charge in [-0.3, -0.25) is 14.5 Å². The van der Waals surface area contributed by atoms with Crippen LogP contribution in [0.3, 0.4) is 0 Å². The monoisotopic (exact) mass is 234 g/mol. The standard InChI is InChI=1S/C9H9F3N2O2/c10-9(11,12)6(4-13)5-14-7(15)2-1-3-8(14)16/h6H,1-3,5H2. The number of alkyl halides is 3. The summed E-state index contributed by atoms with van der Waals surface area (Å²) < 4.78 is 36.8. The van der Waals surface area contributed by atoms with Gasteiger partial charge in [-0.25, -0.2) is 0 Å². The number of piperidine rings is 1. The van der Waals surface area contributed by atoms with E-state index in [2.05, 4.69) is 0 Å². The minimum atomic E-state index is -4.72. The van der Waals surface area contributed by atoms with Crippen molar-refractivity contribution in [3.8, 4) is 6.07 Å². The second-order valence-corrected chi connectivity index (χ2v) is 3.47. The molecule has 16 heavy (non-hydrogen) atoms. The third kappa shape index (κ3) is 2.72. The molecule has 0 bridgehead atoms. The second kappa shape index (κ2) is 4.51. The Bertz CT molecular complexity index is 330. The first-order valence-electron chi connectivity index (χ1n) is 4.65. The van der Waals surface area contributed by atoms with Crippen LogP contribution in [0.25, 0.3) is 0 Å². The van der Waals surface area contributed by atoms with Gasteiger partial charge in [0.05, 0.1) is 12.6 Å². The number of likely N-dealkylation sites (tertiary alicyclic amines) is 1. The zero-order chi connectivity index (χ0) is 12.3. The lowest BCUT2D eigenvalue weighted by Gasteiger charge is -2.27. The molecule has 0 radical (unpaired) electrons. The third-order valence-electron chi connectivity index (χ3n) is 2.30. The van der Waals surface area contributed by atoms with Crippen molar-refractivity contribution >= 4 is 11.8 Å². The van der Waals surface area contributed by atoms with Crippen molar-refractivity contribution in [2.45, 2.75) is 25.4 Å². The minimum absolute atomic E-state index is 0.0573. The molecule has 0 aromatic rings. The number of hydrogen-bond donors (Lipinski definition) is 0. The molecule has 88 valence electrons. The Kier molecular flexibility index (Phi) is 3.52. The normalized spacial score (nSPS) is 19.5. The lowest BCUT2D eigenvalue weighted by molar-refractivity contribution is -0.170. The lowest BCUT2D eigenvalue weighted by atomic mass is 10.1. The molecule has 1 heterocycles. The molecular formula is C9H9F3N2O2. The molecule has 0 aromatic heterocycles. The van der Waals surface area contributed by atoms with E-state index in [4.69, 9.17) is 5.26 Å². The van der Waals surface area contributed by atoms with E-state index in [1.807, 2.05) is 0 Å². The van der Waals surface area contributed by atoms with Crippen LogP contribution in [0, 0.1) is 17.2 Å². The molecule has 2 amide bonds. The number of carbonyl (C=O) groups excluding carboxylic acids is 2. The van der Waals surface area contributed by atoms with Crippen LogP contribution < -0.4 is 0 Å². The Balaban J connectivity index is 2.75. The maximum Gasteiger partial charge on any atom is 0.406 e. The van der Waals surface area contributed by atoms with Crippen molar-refractivity contribution in [3.63, 3.8) is 0 Å². The number of carbonyl (C=O) groups is 2. The fraction of sp³-hybridized carbons (Fsp3) is 0.667. The molecule has 4 nitrogen and oxygen atoms in total. The van der Waals surface area contributed by atoms with Crippen molar-refractivity contribution in [1.82, 2.24) is 4.90 Å². The van der Waals surface area contributed by atoms with E-state index >= 15 is 0 Å². The van der Waals surface area contributed by atoms with E-state index in [1.165, 1.54) is 0 Å². The Labute approximate surface area is 89.6 Å². The number of nitrogens with zero attached hydrogens (tertiary/aromatic N) is 2. The van der Waals surface area contributed by atoms with E-state index < -0.39 is 30.5 Å². The van der Waals surface area contributed by atoms with Gasteiger partial charge in [-0.1, -0.05) is 0 Å². The highest BCUT2D eigenvalue weighted by atomic mass is 19.4. The molecule has 1 aliphatic rings. The zero-order valence-electron chi connectivity index (χ0n) is 8.25. The number of rotatable bonds is 2. The average Bonchev–Trinajstić information content (AvgIpc) is 2.15. The summed E-state index contributed by atoms with van der Waals surface area (Å²) in [6.45, 7) is -0.891. The fourth-order valence-electron chi connectivity index (χ4n) is 1.40. The first-order valence-corrected chi connectivity index (χ1v) is 4.65. The second-order valence-electron chi connectivity index (χ2n) is 3.47. The van der Waals surface area contributed by atoms with E-state index in [9.17, 15) is 22.8 Å². The van der Waals surface area contributed by atoms with E-state index in [0.29, 0.717) is 11.3 Å². The van der Waals surface area contributed by atoms with Gasteiger partial charge in [-0.05, 0) is 6.42 Å². The maximum atomic E-state index is 12.3. The summed E-state index contributed by atoms with van der Waals surface area (Å²) >= 11 is 0. The number of halogens is 3. The quantitative estimate of drug-likeness (QED) is 0.675. The van der Waals surface area contributed by atoms with E-state index in [-0.39, 0.29) is 12.8 Å². The lowest BCUT2D eigenvalue weighted by Crippen LogP contribution is -2.45. The summed E-state index contributed by atoms with van der Waals surface area (Å²) in [4.78, 5) is 23.0. The summed E-state index contributed by atoms with van der Waals surface area (Å²) in [5.41, 5.74) is 0. The Morgan fingerprint density at radius 3 is 2.19 bits per heavy atom. The predicted molar refractivity (Wildman–Crippen MR) is 45.7 cm³/mol. The maximum absolute atomic E-state index is 12.3. The molecule has 0 N–H and O–H groups in total. The largest absolute Gasteiger partial charge is 0.406 e. The van der Waals surface area contributed by atoms with Gasteiger partial charge in [-0.15, -0.1) is 0 Å². The summed E-state index contributed by atoms with van der Waals surface area (Å²) in [5.74, 6) is -3.58. The molecule has 0 aromatic carbocycles. The SMILES string of the molecule is N#CC(CN1C(=O)CCCC1=O)C(F)(F)F. The van der Waals surface area contributed by atoms with Crippen LogP contribution in [0.4, 0.5) is 13.2 Å². The van der Waals surface area contributed by atoms with Crippen LogP contribution in [0.1, 0.15) is 19.3 Å². The summed E-state index contributed by atoms with van der Waals surface area (Å²) in [6.07, 6.45) is -4.24. The molecule has 1 saturated heterocycles. The Hall–Kier alpha value is -1.58. The van der Waals surface area contributed by atoms with Gasteiger partial charge in [0.2, 0.25) is 11.8 Å². The highest BCUT2D eigenvalue weighted by Gasteiger charge is 2.43. The van der Waals surface area contributed by atoms with Crippen LogP contribution in [0.5, 0.6) is 0 Å². The number of imide groups is 1. The van der Waals surface area contributed by atoms with Crippen LogP contribution in [0.15, 0.2) is 0 Å². The molecule has 1 atom stereocenters. The van der Waals surface area contributed by atoms with Gasteiger partial charge >= 0.3 is 6.18 Å². The fourth-order valence-corrected chi connectivity index (χ4v) is 1.40. The van der Waals surface area contributed by atoms with Crippen molar-refractivity contribution in [2.24, 2.45) is 5.92 Å². The number of hydrogen-bond acceptors (Lipinski definition) is 3. The van der Waals surface area contributed by atoms with Crippen molar-refractivity contribution < 1.29 is 22.8 Å². The predicted octanol–water partition coefficient (Wildman–Crippen LogP) is 1.23. The number of amides is 2. The molecule has 1 aliphatic heterocycles. The Morgan fingerprint density at radius 2 is 1.81 bits per heavy atom. The molecule has 0 saturated carbocycles. The first-order chi connectivity index (χ1) is 7.36. The molecular weight excluding hydrogens is 225 g/mol. The smallest absolute Gasteiger partial charge is 0.281 e. The molecule has 0 aliphatic carbocycles. The van der Waals surface area contributed by atoms with Crippen LogP contribution in [-0.4, -0.2) is 29.4 Å². The topological polar surface area (TPSA) is 61.2 Å². The van der Waals surface area contributed by atoms with Crippen LogP contribution in [-0.2, 0) is 9.59 Å². The summed E-state index contributed by atoms with van der Waals surface area (Å²) in [6, 6.07) is 1.06. The van der Waals surface area contributed by atoms with Gasteiger partial charge in [0.15, 0.2) is 5.92 Å². The van der Waals surface area contributed by atoms with Crippen LogP contribution in [0.2, 0.25) is 0 Å². The van der Waals surface area contributed by atoms with Gasteiger partial charge in [0, 0.05) is 12.8 Å².